The van der Waals surface area contributed by atoms with E-state index in [-0.39, 0.29) is 23.8 Å². The predicted octanol–water partition coefficient (Wildman–Crippen LogP) is 5.23. The second-order valence-electron chi connectivity index (χ2n) is 8.35. The fourth-order valence-corrected chi connectivity index (χ4v) is 4.11. The van der Waals surface area contributed by atoms with Crippen molar-refractivity contribution in [2.45, 2.75) is 51.0 Å². The number of hydrogen-bond donors (Lipinski definition) is 1. The molecule has 6 nitrogen and oxygen atoms in total. The standard InChI is InChI=1S/C26H30ClNO5/c1-32-25(30)17-18-4-12-22(13-5-18)33-23-14-8-19(9-15-23)24(29)3-2-16-28-26(31)20-6-10-21(27)11-7-20/h6-11,14-15,18,22H,2-5,12-13,16-17H2,1H3,(H,28,31). The van der Waals surface area contributed by atoms with Gasteiger partial charge in [-0.25, -0.2) is 0 Å². The molecule has 2 aromatic rings. The summed E-state index contributed by atoms with van der Waals surface area (Å²) >= 11 is 5.83. The maximum atomic E-state index is 12.4. The first-order chi connectivity index (χ1) is 15.9. The molecule has 1 amide bonds. The summed E-state index contributed by atoms with van der Waals surface area (Å²) in [6.07, 6.45) is 5.23. The number of nitrogens with one attached hydrogen (secondary N) is 1. The molecule has 0 spiro atoms. The van der Waals surface area contributed by atoms with Crippen molar-refractivity contribution < 1.29 is 23.9 Å². The van der Waals surface area contributed by atoms with E-state index in [9.17, 15) is 14.4 Å². The highest BCUT2D eigenvalue weighted by Crippen LogP contribution is 2.30. The number of carbonyl (C=O) groups is 3. The normalized spacial score (nSPS) is 17.8. The summed E-state index contributed by atoms with van der Waals surface area (Å²) < 4.78 is 10.8. The number of methoxy groups -OCH3 is 1. The van der Waals surface area contributed by atoms with Crippen LogP contribution in [0.4, 0.5) is 0 Å². The average molecular weight is 472 g/mol. The molecule has 0 atom stereocenters. The van der Waals surface area contributed by atoms with Crippen molar-refractivity contribution in [1.29, 1.82) is 0 Å². The third kappa shape index (κ3) is 7.90. The lowest BCUT2D eigenvalue weighted by Gasteiger charge is -2.28. The van der Waals surface area contributed by atoms with Crippen molar-refractivity contribution in [2.24, 2.45) is 5.92 Å². The van der Waals surface area contributed by atoms with Gasteiger partial charge in [0, 0.05) is 35.5 Å². The lowest BCUT2D eigenvalue weighted by Crippen LogP contribution is -2.25. The van der Waals surface area contributed by atoms with Crippen molar-refractivity contribution in [3.05, 3.63) is 64.7 Å². The molecule has 2 aromatic carbocycles. The molecule has 0 bridgehead atoms. The van der Waals surface area contributed by atoms with Crippen LogP contribution in [0, 0.1) is 5.92 Å². The van der Waals surface area contributed by atoms with Gasteiger partial charge in [0.15, 0.2) is 5.78 Å². The van der Waals surface area contributed by atoms with Gasteiger partial charge in [-0.1, -0.05) is 11.6 Å². The van der Waals surface area contributed by atoms with Gasteiger partial charge >= 0.3 is 5.97 Å². The van der Waals surface area contributed by atoms with Crippen LogP contribution < -0.4 is 10.1 Å². The molecule has 1 aliphatic rings. The van der Waals surface area contributed by atoms with Crippen LogP contribution in [-0.2, 0) is 9.53 Å². The first-order valence-electron chi connectivity index (χ1n) is 11.3. The highest BCUT2D eigenvalue weighted by atomic mass is 35.5. The predicted molar refractivity (Wildman–Crippen MR) is 127 cm³/mol. The molecule has 0 radical (unpaired) electrons. The summed E-state index contributed by atoms with van der Waals surface area (Å²) in [6, 6.07) is 13.9. The van der Waals surface area contributed by atoms with Gasteiger partial charge in [-0.05, 0) is 86.6 Å². The summed E-state index contributed by atoms with van der Waals surface area (Å²) in [7, 11) is 1.42. The average Bonchev–Trinajstić information content (AvgIpc) is 2.83. The van der Waals surface area contributed by atoms with E-state index in [0.717, 1.165) is 31.4 Å². The monoisotopic (exact) mass is 471 g/mol. The zero-order chi connectivity index (χ0) is 23.6. The Labute approximate surface area is 199 Å². The third-order valence-corrected chi connectivity index (χ3v) is 6.18. The van der Waals surface area contributed by atoms with E-state index in [4.69, 9.17) is 21.1 Å². The molecular formula is C26H30ClNO5. The van der Waals surface area contributed by atoms with Crippen LogP contribution in [0.1, 0.15) is 65.7 Å². The lowest BCUT2D eigenvalue weighted by atomic mass is 9.85. The number of Topliss-reactive ketones (excluding diaryl/α,β-unsaturated/α-hetero) is 1. The molecule has 1 aliphatic carbocycles. The maximum absolute atomic E-state index is 12.4. The molecule has 0 heterocycles. The molecule has 176 valence electrons. The molecule has 0 aromatic heterocycles. The number of amides is 1. The molecule has 3 rings (SSSR count). The Kier molecular flexibility index (Phi) is 9.31. The molecular weight excluding hydrogens is 442 g/mol. The topological polar surface area (TPSA) is 81.7 Å². The fraction of sp³-hybridized carbons (Fsp3) is 0.423. The summed E-state index contributed by atoms with van der Waals surface area (Å²) in [6.45, 7) is 0.424. The number of halogens is 1. The summed E-state index contributed by atoms with van der Waals surface area (Å²) in [5.41, 5.74) is 1.17. The second-order valence-corrected chi connectivity index (χ2v) is 8.79. The number of carbonyl (C=O) groups excluding carboxylic acids is 3. The minimum Gasteiger partial charge on any atom is -0.490 e. The second kappa shape index (κ2) is 12.4. The van der Waals surface area contributed by atoms with E-state index in [2.05, 4.69) is 5.32 Å². The molecule has 0 unspecified atom stereocenters. The molecule has 0 saturated heterocycles. The quantitative estimate of drug-likeness (QED) is 0.291. The Morgan fingerprint density at radius 2 is 1.58 bits per heavy atom. The zero-order valence-electron chi connectivity index (χ0n) is 18.8. The van der Waals surface area contributed by atoms with E-state index in [1.54, 1.807) is 36.4 Å². The lowest BCUT2D eigenvalue weighted by molar-refractivity contribution is -0.142. The number of ether oxygens (including phenoxy) is 2. The minimum atomic E-state index is -0.181. The molecule has 7 heteroatoms. The molecule has 1 fully saturated rings. The zero-order valence-corrected chi connectivity index (χ0v) is 19.6. The van der Waals surface area contributed by atoms with E-state index >= 15 is 0 Å². The fourth-order valence-electron chi connectivity index (χ4n) is 3.98. The van der Waals surface area contributed by atoms with Gasteiger partial charge < -0.3 is 14.8 Å². The Hall–Kier alpha value is -2.86. The van der Waals surface area contributed by atoms with Crippen LogP contribution in [0.25, 0.3) is 0 Å². The van der Waals surface area contributed by atoms with Gasteiger partial charge in [0.1, 0.15) is 5.75 Å². The highest BCUT2D eigenvalue weighted by Gasteiger charge is 2.24. The third-order valence-electron chi connectivity index (χ3n) is 5.93. The van der Waals surface area contributed by atoms with E-state index in [1.807, 2.05) is 12.1 Å². The number of hydrogen-bond acceptors (Lipinski definition) is 5. The summed E-state index contributed by atoms with van der Waals surface area (Å²) in [5.74, 6) is 0.820. The van der Waals surface area contributed by atoms with Gasteiger partial charge in [-0.3, -0.25) is 14.4 Å². The van der Waals surface area contributed by atoms with Crippen LogP contribution in [-0.4, -0.2) is 37.4 Å². The van der Waals surface area contributed by atoms with E-state index < -0.39 is 0 Å². The van der Waals surface area contributed by atoms with Crippen LogP contribution >= 0.6 is 11.6 Å². The van der Waals surface area contributed by atoms with Crippen LogP contribution in [0.3, 0.4) is 0 Å². The van der Waals surface area contributed by atoms with Crippen molar-refractivity contribution in [3.8, 4) is 5.75 Å². The summed E-state index contributed by atoms with van der Waals surface area (Å²) in [5, 5.41) is 3.40. The maximum Gasteiger partial charge on any atom is 0.305 e. The van der Waals surface area contributed by atoms with Crippen LogP contribution in [0.15, 0.2) is 48.5 Å². The first-order valence-corrected chi connectivity index (χ1v) is 11.7. The number of ketones is 1. The largest absolute Gasteiger partial charge is 0.490 e. The van der Waals surface area contributed by atoms with Gasteiger partial charge in [0.2, 0.25) is 0 Å². The van der Waals surface area contributed by atoms with Gasteiger partial charge in [-0.2, -0.15) is 0 Å². The number of esters is 1. The molecule has 1 saturated carbocycles. The van der Waals surface area contributed by atoms with Crippen LogP contribution in [0.5, 0.6) is 5.75 Å². The molecule has 33 heavy (non-hydrogen) atoms. The van der Waals surface area contributed by atoms with Crippen molar-refractivity contribution in [3.63, 3.8) is 0 Å². The highest BCUT2D eigenvalue weighted by molar-refractivity contribution is 6.30. The smallest absolute Gasteiger partial charge is 0.305 e. The summed E-state index contributed by atoms with van der Waals surface area (Å²) in [4.78, 5) is 35.9. The first kappa shape index (κ1) is 24.8. The Bertz CT molecular complexity index is 934. The minimum absolute atomic E-state index is 0.0330. The SMILES string of the molecule is COC(=O)CC1CCC(Oc2ccc(C(=O)CCCNC(=O)c3ccc(Cl)cc3)cc2)CC1. The Morgan fingerprint density at radius 3 is 2.21 bits per heavy atom. The van der Waals surface area contributed by atoms with Crippen molar-refractivity contribution in [2.75, 3.05) is 13.7 Å². The van der Waals surface area contributed by atoms with E-state index in [1.165, 1.54) is 7.11 Å². The number of rotatable bonds is 10. The number of benzene rings is 2. The van der Waals surface area contributed by atoms with Gasteiger partial charge in [-0.15, -0.1) is 0 Å². The van der Waals surface area contributed by atoms with Gasteiger partial charge in [0.05, 0.1) is 13.2 Å². The van der Waals surface area contributed by atoms with Crippen LogP contribution in [0.2, 0.25) is 5.02 Å². The van der Waals surface area contributed by atoms with Gasteiger partial charge in [0.25, 0.3) is 5.91 Å². The van der Waals surface area contributed by atoms with Crippen molar-refractivity contribution >= 4 is 29.3 Å². The molecule has 1 N–H and O–H groups in total. The van der Waals surface area contributed by atoms with E-state index in [0.29, 0.717) is 47.9 Å². The van der Waals surface area contributed by atoms with Crippen molar-refractivity contribution in [1.82, 2.24) is 5.32 Å². The molecule has 0 aliphatic heterocycles. The Morgan fingerprint density at radius 1 is 0.939 bits per heavy atom. The Balaban J connectivity index is 1.36.